The number of nitrogens with zero attached hydrogens (tertiary/aromatic N) is 1. The van der Waals surface area contributed by atoms with Crippen molar-refractivity contribution in [2.45, 2.75) is 19.9 Å². The third-order valence-corrected chi connectivity index (χ3v) is 4.04. The van der Waals surface area contributed by atoms with Crippen molar-refractivity contribution in [1.29, 1.82) is 0 Å². The molecule has 6 heteroatoms. The van der Waals surface area contributed by atoms with Gasteiger partial charge in [0.05, 0.1) is 25.3 Å². The molecule has 1 unspecified atom stereocenters. The predicted molar refractivity (Wildman–Crippen MR) is 88.8 cm³/mol. The number of methoxy groups -OCH3 is 2. The SMILES string of the molecule is COCCN1C(=O)C(O)=C(C(=O)C(C)C)C1c1cccc(OC)c1. The second-order valence-corrected chi connectivity index (χ2v) is 5.95. The number of carbonyl (C=O) groups excluding carboxylic acids is 2. The standard InChI is InChI=1S/C18H23NO5/c1-11(2)16(20)14-15(12-6-5-7-13(10-12)24-4)19(8-9-23-3)18(22)17(14)21/h5-7,10-11,15,21H,8-9H2,1-4H3. The van der Waals surface area contributed by atoms with Crippen molar-refractivity contribution < 1.29 is 24.2 Å². The number of ketones is 1. The third-order valence-electron chi connectivity index (χ3n) is 4.04. The number of amides is 1. The van der Waals surface area contributed by atoms with E-state index < -0.39 is 17.7 Å². The zero-order valence-electron chi connectivity index (χ0n) is 14.4. The number of aliphatic hydroxyl groups is 1. The van der Waals surface area contributed by atoms with Crippen LogP contribution in [0.4, 0.5) is 0 Å². The first-order valence-corrected chi connectivity index (χ1v) is 7.83. The second-order valence-electron chi connectivity index (χ2n) is 5.95. The van der Waals surface area contributed by atoms with Crippen LogP contribution in [0.1, 0.15) is 25.5 Å². The van der Waals surface area contributed by atoms with Gasteiger partial charge in [0, 0.05) is 19.6 Å². The molecule has 0 radical (unpaired) electrons. The van der Waals surface area contributed by atoms with Gasteiger partial charge in [-0.1, -0.05) is 26.0 Å². The molecule has 0 aromatic heterocycles. The van der Waals surface area contributed by atoms with Crippen molar-refractivity contribution in [2.24, 2.45) is 5.92 Å². The van der Waals surface area contributed by atoms with E-state index >= 15 is 0 Å². The fraction of sp³-hybridized carbons (Fsp3) is 0.444. The summed E-state index contributed by atoms with van der Waals surface area (Å²) in [5, 5.41) is 10.3. The van der Waals surface area contributed by atoms with Crippen LogP contribution in [0.25, 0.3) is 0 Å². The van der Waals surface area contributed by atoms with Gasteiger partial charge in [-0.05, 0) is 17.7 Å². The maximum Gasteiger partial charge on any atom is 0.290 e. The van der Waals surface area contributed by atoms with Crippen molar-refractivity contribution in [1.82, 2.24) is 4.90 Å². The van der Waals surface area contributed by atoms with Crippen LogP contribution in [-0.4, -0.2) is 49.1 Å². The highest BCUT2D eigenvalue weighted by Crippen LogP contribution is 2.39. The summed E-state index contributed by atoms with van der Waals surface area (Å²) >= 11 is 0. The second kappa shape index (κ2) is 7.49. The monoisotopic (exact) mass is 333 g/mol. The zero-order chi connectivity index (χ0) is 17.9. The molecule has 6 nitrogen and oxygen atoms in total. The molecule has 0 bridgehead atoms. The van der Waals surface area contributed by atoms with Crippen LogP contribution in [0.5, 0.6) is 5.75 Å². The summed E-state index contributed by atoms with van der Waals surface area (Å²) in [6, 6.07) is 6.52. The van der Waals surface area contributed by atoms with E-state index in [1.54, 1.807) is 39.2 Å². The molecule has 1 aromatic carbocycles. The van der Waals surface area contributed by atoms with E-state index in [0.29, 0.717) is 17.9 Å². The molecule has 1 aromatic rings. The molecular weight excluding hydrogens is 310 g/mol. The lowest BCUT2D eigenvalue weighted by atomic mass is 9.91. The summed E-state index contributed by atoms with van der Waals surface area (Å²) in [6.07, 6.45) is 0. The van der Waals surface area contributed by atoms with Crippen molar-refractivity contribution in [3.8, 4) is 5.75 Å². The average molecular weight is 333 g/mol. The number of hydrogen-bond acceptors (Lipinski definition) is 5. The number of hydrogen-bond donors (Lipinski definition) is 1. The highest BCUT2D eigenvalue weighted by Gasteiger charge is 2.43. The number of rotatable bonds is 7. The van der Waals surface area contributed by atoms with Gasteiger partial charge in [-0.3, -0.25) is 9.59 Å². The molecule has 130 valence electrons. The van der Waals surface area contributed by atoms with Crippen LogP contribution in [0.15, 0.2) is 35.6 Å². The van der Waals surface area contributed by atoms with E-state index in [4.69, 9.17) is 9.47 Å². The van der Waals surface area contributed by atoms with Gasteiger partial charge in [0.25, 0.3) is 5.91 Å². The van der Waals surface area contributed by atoms with E-state index in [-0.39, 0.29) is 23.8 Å². The molecule has 0 spiro atoms. The molecule has 1 heterocycles. The number of Topliss-reactive ketones (excluding diaryl/α,β-unsaturated/α-hetero) is 1. The summed E-state index contributed by atoms with van der Waals surface area (Å²) in [5.74, 6) is -0.977. The summed E-state index contributed by atoms with van der Waals surface area (Å²) in [7, 11) is 3.09. The fourth-order valence-corrected chi connectivity index (χ4v) is 2.79. The molecule has 0 fully saturated rings. The van der Waals surface area contributed by atoms with Crippen LogP contribution in [-0.2, 0) is 14.3 Å². The zero-order valence-corrected chi connectivity index (χ0v) is 14.4. The lowest BCUT2D eigenvalue weighted by Crippen LogP contribution is -2.34. The Morgan fingerprint density at radius 3 is 2.62 bits per heavy atom. The number of carbonyl (C=O) groups is 2. The topological polar surface area (TPSA) is 76.1 Å². The van der Waals surface area contributed by atoms with E-state index in [1.165, 1.54) is 12.0 Å². The van der Waals surface area contributed by atoms with Crippen molar-refractivity contribution >= 4 is 11.7 Å². The van der Waals surface area contributed by atoms with Crippen LogP contribution < -0.4 is 4.74 Å². The van der Waals surface area contributed by atoms with Crippen molar-refractivity contribution in [2.75, 3.05) is 27.4 Å². The van der Waals surface area contributed by atoms with Gasteiger partial charge in [-0.2, -0.15) is 0 Å². The molecule has 1 aliphatic heterocycles. The van der Waals surface area contributed by atoms with Crippen molar-refractivity contribution in [3.05, 3.63) is 41.2 Å². The van der Waals surface area contributed by atoms with Gasteiger partial charge in [0.1, 0.15) is 5.75 Å². The minimum absolute atomic E-state index is 0.138. The number of aliphatic hydroxyl groups excluding tert-OH is 1. The van der Waals surface area contributed by atoms with E-state index in [2.05, 4.69) is 0 Å². The molecule has 1 amide bonds. The van der Waals surface area contributed by atoms with Gasteiger partial charge in [0.15, 0.2) is 11.5 Å². The van der Waals surface area contributed by atoms with Gasteiger partial charge in [-0.15, -0.1) is 0 Å². The lowest BCUT2D eigenvalue weighted by Gasteiger charge is -2.27. The van der Waals surface area contributed by atoms with Crippen LogP contribution in [0.3, 0.4) is 0 Å². The van der Waals surface area contributed by atoms with Crippen LogP contribution in [0.2, 0.25) is 0 Å². The molecule has 0 saturated carbocycles. The van der Waals surface area contributed by atoms with Crippen LogP contribution in [0, 0.1) is 5.92 Å². The summed E-state index contributed by atoms with van der Waals surface area (Å²) in [4.78, 5) is 26.5. The van der Waals surface area contributed by atoms with Crippen LogP contribution >= 0.6 is 0 Å². The van der Waals surface area contributed by atoms with E-state index in [9.17, 15) is 14.7 Å². The Hall–Kier alpha value is -2.34. The number of benzene rings is 1. The number of ether oxygens (including phenoxy) is 2. The quantitative estimate of drug-likeness (QED) is 0.828. The fourth-order valence-electron chi connectivity index (χ4n) is 2.79. The summed E-state index contributed by atoms with van der Waals surface area (Å²) in [6.45, 7) is 4.07. The molecule has 1 N–H and O–H groups in total. The normalized spacial score (nSPS) is 17.8. The predicted octanol–water partition coefficient (Wildman–Crippen LogP) is 2.26. The molecule has 1 atom stereocenters. The van der Waals surface area contributed by atoms with Gasteiger partial charge < -0.3 is 19.5 Å². The molecule has 1 aliphatic rings. The van der Waals surface area contributed by atoms with Gasteiger partial charge in [-0.25, -0.2) is 0 Å². The summed E-state index contributed by atoms with van der Waals surface area (Å²) in [5.41, 5.74) is 0.853. The summed E-state index contributed by atoms with van der Waals surface area (Å²) < 4.78 is 10.3. The maximum absolute atomic E-state index is 12.6. The minimum Gasteiger partial charge on any atom is -0.503 e. The Bertz CT molecular complexity index is 665. The largest absolute Gasteiger partial charge is 0.503 e. The Balaban J connectivity index is 2.53. The highest BCUT2D eigenvalue weighted by atomic mass is 16.5. The molecule has 24 heavy (non-hydrogen) atoms. The lowest BCUT2D eigenvalue weighted by molar-refractivity contribution is -0.130. The first-order chi connectivity index (χ1) is 11.4. The maximum atomic E-state index is 12.6. The van der Waals surface area contributed by atoms with Gasteiger partial charge in [0.2, 0.25) is 0 Å². The highest BCUT2D eigenvalue weighted by molar-refractivity contribution is 6.09. The van der Waals surface area contributed by atoms with E-state index in [0.717, 1.165) is 0 Å². The third kappa shape index (κ3) is 3.28. The Kier molecular flexibility index (Phi) is 5.62. The Morgan fingerprint density at radius 2 is 2.04 bits per heavy atom. The first-order valence-electron chi connectivity index (χ1n) is 7.83. The molecular formula is C18H23NO5. The Morgan fingerprint density at radius 1 is 1.33 bits per heavy atom. The molecule has 0 aliphatic carbocycles. The smallest absolute Gasteiger partial charge is 0.290 e. The Labute approximate surface area is 141 Å². The first kappa shape index (κ1) is 18.0. The minimum atomic E-state index is -0.641. The molecule has 2 rings (SSSR count). The van der Waals surface area contributed by atoms with Crippen molar-refractivity contribution in [3.63, 3.8) is 0 Å². The van der Waals surface area contributed by atoms with E-state index in [1.807, 2.05) is 6.07 Å². The van der Waals surface area contributed by atoms with Gasteiger partial charge >= 0.3 is 0 Å². The average Bonchev–Trinajstić information content (AvgIpc) is 2.83. The molecule has 0 saturated heterocycles.